The van der Waals surface area contributed by atoms with Crippen LogP contribution in [0.5, 0.6) is 0 Å². The highest BCUT2D eigenvalue weighted by Gasteiger charge is 2.52. The number of hydrogen-bond acceptors (Lipinski definition) is 4. The van der Waals surface area contributed by atoms with Crippen LogP contribution in [0.3, 0.4) is 0 Å². The summed E-state index contributed by atoms with van der Waals surface area (Å²) in [6.45, 7) is 4.37. The Hall–Kier alpha value is -2.05. The number of aromatic nitrogens is 1. The Morgan fingerprint density at radius 2 is 2.28 bits per heavy atom. The number of aryl methyl sites for hydroxylation is 1. The molecule has 4 rings (SSSR count). The van der Waals surface area contributed by atoms with Crippen LogP contribution in [0.1, 0.15) is 28.9 Å². The summed E-state index contributed by atoms with van der Waals surface area (Å²) < 4.78 is 13.1. The highest BCUT2D eigenvalue weighted by atomic mass is 16.5. The molecule has 2 fully saturated rings. The molecule has 1 spiro atoms. The van der Waals surface area contributed by atoms with E-state index in [1.807, 2.05) is 36.0 Å². The van der Waals surface area contributed by atoms with E-state index in [0.29, 0.717) is 18.2 Å². The predicted molar refractivity (Wildman–Crippen MR) is 93.1 cm³/mol. The molecule has 1 amide bonds. The second-order valence-corrected chi connectivity index (χ2v) is 7.22. The largest absolute Gasteiger partial charge is 0.472 e. The van der Waals surface area contributed by atoms with Gasteiger partial charge in [0.15, 0.2) is 0 Å². The van der Waals surface area contributed by atoms with Crippen molar-refractivity contribution in [2.75, 3.05) is 26.2 Å². The van der Waals surface area contributed by atoms with E-state index >= 15 is 0 Å². The van der Waals surface area contributed by atoms with Crippen LogP contribution >= 0.6 is 0 Å². The number of carbonyl (C=O) groups is 1. The number of amides is 1. The van der Waals surface area contributed by atoms with Gasteiger partial charge in [0.25, 0.3) is 5.91 Å². The molecule has 2 saturated heterocycles. The van der Waals surface area contributed by atoms with Gasteiger partial charge in [-0.1, -0.05) is 0 Å². The van der Waals surface area contributed by atoms with Gasteiger partial charge in [-0.3, -0.25) is 9.69 Å². The quantitative estimate of drug-likeness (QED) is 0.872. The molecule has 25 heavy (non-hydrogen) atoms. The summed E-state index contributed by atoms with van der Waals surface area (Å²) in [4.78, 5) is 14.6. The van der Waals surface area contributed by atoms with Crippen molar-refractivity contribution in [3.63, 3.8) is 0 Å². The summed E-state index contributed by atoms with van der Waals surface area (Å²) >= 11 is 0. The van der Waals surface area contributed by atoms with E-state index in [-0.39, 0.29) is 11.5 Å². The number of hydrogen-bond donors (Lipinski definition) is 1. The molecule has 1 unspecified atom stereocenters. The van der Waals surface area contributed by atoms with Crippen molar-refractivity contribution in [2.24, 2.45) is 13.0 Å². The Morgan fingerprint density at radius 3 is 3.00 bits per heavy atom. The molecule has 0 saturated carbocycles. The van der Waals surface area contributed by atoms with Gasteiger partial charge in [0, 0.05) is 51.6 Å². The lowest BCUT2D eigenvalue weighted by Crippen LogP contribution is -2.64. The highest BCUT2D eigenvalue weighted by molar-refractivity contribution is 5.92. The zero-order valence-electron chi connectivity index (χ0n) is 14.6. The van der Waals surface area contributed by atoms with Crippen LogP contribution in [0.25, 0.3) is 0 Å². The minimum atomic E-state index is -0.0144. The van der Waals surface area contributed by atoms with E-state index < -0.39 is 0 Å². The second kappa shape index (κ2) is 6.69. The maximum absolute atomic E-state index is 12.2. The van der Waals surface area contributed by atoms with Gasteiger partial charge in [0.2, 0.25) is 0 Å². The maximum atomic E-state index is 12.2. The number of rotatable bonds is 6. The summed E-state index contributed by atoms with van der Waals surface area (Å²) in [5.74, 6) is 0.512. The maximum Gasteiger partial charge on any atom is 0.267 e. The number of nitrogens with one attached hydrogen (secondary N) is 1. The van der Waals surface area contributed by atoms with Crippen LogP contribution in [0.15, 0.2) is 41.3 Å². The molecule has 2 aromatic rings. The normalized spacial score (nSPS) is 22.2. The van der Waals surface area contributed by atoms with E-state index in [1.54, 1.807) is 12.5 Å². The summed E-state index contributed by atoms with van der Waals surface area (Å²) in [7, 11) is 1.89. The molecule has 6 nitrogen and oxygen atoms in total. The number of carbonyl (C=O) groups excluding carboxylic acids is 1. The van der Waals surface area contributed by atoms with Crippen molar-refractivity contribution in [1.82, 2.24) is 14.8 Å². The van der Waals surface area contributed by atoms with E-state index in [2.05, 4.69) is 10.2 Å². The molecular formula is C19H25N3O3. The zero-order chi connectivity index (χ0) is 17.3. The molecule has 134 valence electrons. The summed E-state index contributed by atoms with van der Waals surface area (Å²) in [6.07, 6.45) is 7.46. The molecule has 1 N–H and O–H groups in total. The lowest BCUT2D eigenvalue weighted by molar-refractivity contribution is -0.136. The summed E-state index contributed by atoms with van der Waals surface area (Å²) in [6, 6.07) is 5.74. The first-order chi connectivity index (χ1) is 12.2. The van der Waals surface area contributed by atoms with Crippen LogP contribution < -0.4 is 5.32 Å². The number of likely N-dealkylation sites (tertiary alicyclic amines) is 1. The average molecular weight is 343 g/mol. The molecule has 2 aliphatic rings. The summed E-state index contributed by atoms with van der Waals surface area (Å²) in [5, 5.41) is 3.04. The molecule has 0 aliphatic carbocycles. The minimum Gasteiger partial charge on any atom is -0.472 e. The van der Waals surface area contributed by atoms with Crippen LogP contribution in [0.4, 0.5) is 0 Å². The predicted octanol–water partition coefficient (Wildman–Crippen LogP) is 2.03. The molecular weight excluding hydrogens is 318 g/mol. The van der Waals surface area contributed by atoms with Crippen molar-refractivity contribution < 1.29 is 13.9 Å². The van der Waals surface area contributed by atoms with Gasteiger partial charge in [0.05, 0.1) is 18.1 Å². The molecule has 4 heterocycles. The van der Waals surface area contributed by atoms with E-state index in [0.717, 1.165) is 39.1 Å². The Morgan fingerprint density at radius 1 is 1.40 bits per heavy atom. The summed E-state index contributed by atoms with van der Waals surface area (Å²) in [5.41, 5.74) is 1.89. The van der Waals surface area contributed by atoms with Crippen molar-refractivity contribution in [3.05, 3.63) is 48.2 Å². The molecule has 0 radical (unpaired) electrons. The number of ether oxygens (including phenoxy) is 1. The standard InChI is InChI=1S/C19H25N3O3/c1-21-8-2-3-17(21)18(23)20-7-4-16-6-10-25-19(16)13-22(14-19)11-15-5-9-24-12-15/h2-3,5,8-9,12,16H,4,6-7,10-11,13-14H2,1H3,(H,20,23). The Bertz CT molecular complexity index is 716. The van der Waals surface area contributed by atoms with Crippen LogP contribution in [0, 0.1) is 5.92 Å². The van der Waals surface area contributed by atoms with E-state index in [1.165, 1.54) is 5.56 Å². The van der Waals surface area contributed by atoms with Crippen molar-refractivity contribution in [3.8, 4) is 0 Å². The van der Waals surface area contributed by atoms with Gasteiger partial charge in [-0.2, -0.15) is 0 Å². The number of furan rings is 1. The first-order valence-corrected chi connectivity index (χ1v) is 8.93. The molecule has 0 aromatic carbocycles. The third-order valence-corrected chi connectivity index (χ3v) is 5.52. The monoisotopic (exact) mass is 343 g/mol. The SMILES string of the molecule is Cn1cccc1C(=O)NCCC1CCOC12CN(Cc1ccoc1)C2. The highest BCUT2D eigenvalue weighted by Crippen LogP contribution is 2.42. The van der Waals surface area contributed by atoms with Crippen LogP contribution in [-0.4, -0.2) is 47.2 Å². The molecule has 6 heteroatoms. The zero-order valence-corrected chi connectivity index (χ0v) is 14.6. The second-order valence-electron chi connectivity index (χ2n) is 7.22. The van der Waals surface area contributed by atoms with Crippen LogP contribution in [0.2, 0.25) is 0 Å². The first kappa shape index (κ1) is 16.4. The fraction of sp³-hybridized carbons (Fsp3) is 0.526. The third kappa shape index (κ3) is 3.24. The lowest BCUT2D eigenvalue weighted by atomic mass is 9.79. The van der Waals surface area contributed by atoms with Crippen molar-refractivity contribution >= 4 is 5.91 Å². The van der Waals surface area contributed by atoms with E-state index in [9.17, 15) is 4.79 Å². The third-order valence-electron chi connectivity index (χ3n) is 5.52. The van der Waals surface area contributed by atoms with Crippen molar-refractivity contribution in [2.45, 2.75) is 25.0 Å². The van der Waals surface area contributed by atoms with E-state index in [4.69, 9.17) is 9.15 Å². The Kier molecular flexibility index (Phi) is 4.39. The number of nitrogens with zero attached hydrogens (tertiary/aromatic N) is 2. The first-order valence-electron chi connectivity index (χ1n) is 8.93. The minimum absolute atomic E-state index is 0.00402. The average Bonchev–Trinajstić information content (AvgIpc) is 3.28. The fourth-order valence-electron chi connectivity index (χ4n) is 4.15. The van der Waals surface area contributed by atoms with Gasteiger partial charge in [0.1, 0.15) is 5.69 Å². The van der Waals surface area contributed by atoms with Gasteiger partial charge in [-0.05, 0) is 37.0 Å². The van der Waals surface area contributed by atoms with Gasteiger partial charge >= 0.3 is 0 Å². The molecule has 0 bridgehead atoms. The molecule has 2 aliphatic heterocycles. The van der Waals surface area contributed by atoms with Crippen molar-refractivity contribution in [1.29, 1.82) is 0 Å². The molecule has 1 atom stereocenters. The Labute approximate surface area is 147 Å². The molecule has 2 aromatic heterocycles. The fourth-order valence-corrected chi connectivity index (χ4v) is 4.15. The van der Waals surface area contributed by atoms with Crippen LogP contribution in [-0.2, 0) is 18.3 Å². The van der Waals surface area contributed by atoms with Gasteiger partial charge in [-0.25, -0.2) is 0 Å². The lowest BCUT2D eigenvalue weighted by Gasteiger charge is -2.50. The van der Waals surface area contributed by atoms with Gasteiger partial charge < -0.3 is 19.0 Å². The Balaban J connectivity index is 1.25. The smallest absolute Gasteiger partial charge is 0.267 e. The topological polar surface area (TPSA) is 59.6 Å². The van der Waals surface area contributed by atoms with Gasteiger partial charge in [-0.15, -0.1) is 0 Å².